The van der Waals surface area contributed by atoms with Crippen molar-refractivity contribution in [1.29, 1.82) is 0 Å². The highest BCUT2D eigenvalue weighted by atomic mass is 15.1. The number of nitrogens with one attached hydrogen (secondary N) is 1. The van der Waals surface area contributed by atoms with Crippen LogP contribution in [0.1, 0.15) is 5.56 Å². The number of rotatable bonds is 0. The first kappa shape index (κ1) is 9.59. The lowest BCUT2D eigenvalue weighted by atomic mass is 10.0. The van der Waals surface area contributed by atoms with Crippen molar-refractivity contribution in [2.45, 2.75) is 6.92 Å². The minimum Gasteiger partial charge on any atom is -0.285 e. The lowest BCUT2D eigenvalue weighted by Crippen LogP contribution is -1.85. The lowest BCUT2D eigenvalue weighted by Gasteiger charge is -2.02. The van der Waals surface area contributed by atoms with Crippen molar-refractivity contribution in [2.75, 3.05) is 0 Å². The number of fused-ring (bicyclic) bond motifs is 4. The molecule has 2 heterocycles. The van der Waals surface area contributed by atoms with Gasteiger partial charge in [0, 0.05) is 27.7 Å². The molecule has 4 aromatic rings. The Morgan fingerprint density at radius 1 is 1.06 bits per heavy atom. The normalized spacial score (nSPS) is 11.6. The number of hydrogen-bond donors (Lipinski definition) is 1. The molecule has 0 unspecified atom stereocenters. The fraction of sp³-hybridized carbons (Fsp3) is 0.0667. The molecule has 1 N–H and O–H groups in total. The minimum atomic E-state index is 1.06. The van der Waals surface area contributed by atoms with Crippen molar-refractivity contribution in [1.82, 2.24) is 15.2 Å². The SMILES string of the molecule is Cc1c2c[nH]ncc2cc2c1nc1ccccc12. The van der Waals surface area contributed by atoms with E-state index >= 15 is 0 Å². The third-order valence-electron chi connectivity index (χ3n) is 3.54. The van der Waals surface area contributed by atoms with Gasteiger partial charge in [-0.2, -0.15) is 5.10 Å². The second kappa shape index (κ2) is 3.29. The van der Waals surface area contributed by atoms with Crippen molar-refractivity contribution in [3.05, 3.63) is 48.3 Å². The second-order valence-electron chi connectivity index (χ2n) is 4.56. The minimum absolute atomic E-state index is 1.06. The van der Waals surface area contributed by atoms with Crippen LogP contribution in [0.5, 0.6) is 0 Å². The van der Waals surface area contributed by atoms with E-state index < -0.39 is 0 Å². The number of H-pyrrole nitrogens is 1. The Morgan fingerprint density at radius 3 is 2.89 bits per heavy atom. The Morgan fingerprint density at radius 2 is 1.94 bits per heavy atom. The summed E-state index contributed by atoms with van der Waals surface area (Å²) in [5, 5.41) is 11.7. The fourth-order valence-corrected chi connectivity index (χ4v) is 2.62. The average molecular weight is 233 g/mol. The summed E-state index contributed by atoms with van der Waals surface area (Å²) in [7, 11) is 0. The average Bonchev–Trinajstić information content (AvgIpc) is 2.79. The summed E-state index contributed by atoms with van der Waals surface area (Å²) in [5.74, 6) is 0. The zero-order valence-electron chi connectivity index (χ0n) is 9.94. The number of nitrogens with zero attached hydrogens (tertiary/aromatic N) is 2. The van der Waals surface area contributed by atoms with E-state index in [-0.39, 0.29) is 0 Å². The fourth-order valence-electron chi connectivity index (χ4n) is 2.62. The van der Waals surface area contributed by atoms with Gasteiger partial charge in [0.1, 0.15) is 0 Å². The first-order valence-electron chi connectivity index (χ1n) is 5.95. The van der Waals surface area contributed by atoms with Gasteiger partial charge in [-0.1, -0.05) is 18.2 Å². The summed E-state index contributed by atoms with van der Waals surface area (Å²) in [5.41, 5.74) is 3.35. The van der Waals surface area contributed by atoms with E-state index in [4.69, 9.17) is 4.98 Å². The van der Waals surface area contributed by atoms with E-state index in [1.54, 1.807) is 0 Å². The summed E-state index contributed by atoms with van der Waals surface area (Å²) >= 11 is 0. The predicted molar refractivity (Wildman–Crippen MR) is 73.6 cm³/mol. The summed E-state index contributed by atoms with van der Waals surface area (Å²) in [6.07, 6.45) is 3.80. The van der Waals surface area contributed by atoms with Gasteiger partial charge in [0.2, 0.25) is 0 Å². The van der Waals surface area contributed by atoms with Gasteiger partial charge in [0.25, 0.3) is 0 Å². The molecule has 0 aliphatic heterocycles. The Hall–Kier alpha value is -2.42. The second-order valence-corrected chi connectivity index (χ2v) is 4.56. The number of aromatic amines is 1. The van der Waals surface area contributed by atoms with Crippen LogP contribution in [0.4, 0.5) is 0 Å². The molecule has 86 valence electrons. The lowest BCUT2D eigenvalue weighted by molar-refractivity contribution is 1.05. The molecule has 0 saturated heterocycles. The van der Waals surface area contributed by atoms with Crippen molar-refractivity contribution >= 4 is 32.6 Å². The van der Waals surface area contributed by atoms with Crippen LogP contribution in [-0.4, -0.2) is 15.2 Å². The molecule has 0 aliphatic carbocycles. The molecule has 0 radical (unpaired) electrons. The number of aryl methyl sites for hydroxylation is 1. The van der Waals surface area contributed by atoms with Crippen LogP contribution >= 0.6 is 0 Å². The molecule has 0 aliphatic rings. The molecule has 2 aromatic heterocycles. The van der Waals surface area contributed by atoms with Crippen LogP contribution in [0.25, 0.3) is 32.6 Å². The highest BCUT2D eigenvalue weighted by Crippen LogP contribution is 2.31. The van der Waals surface area contributed by atoms with E-state index in [1.165, 1.54) is 21.7 Å². The third-order valence-corrected chi connectivity index (χ3v) is 3.54. The van der Waals surface area contributed by atoms with Crippen LogP contribution in [0.3, 0.4) is 0 Å². The molecule has 0 saturated carbocycles. The molecule has 0 amide bonds. The molecule has 2 aromatic carbocycles. The highest BCUT2D eigenvalue weighted by molar-refractivity contribution is 6.13. The molecule has 0 spiro atoms. The molecule has 3 heteroatoms. The first-order valence-corrected chi connectivity index (χ1v) is 5.95. The van der Waals surface area contributed by atoms with Crippen molar-refractivity contribution in [3.8, 4) is 0 Å². The summed E-state index contributed by atoms with van der Waals surface area (Å²) in [4.78, 5) is 4.73. The van der Waals surface area contributed by atoms with Gasteiger partial charge >= 0.3 is 0 Å². The number of aromatic nitrogens is 3. The van der Waals surface area contributed by atoms with Gasteiger partial charge in [0.05, 0.1) is 17.2 Å². The van der Waals surface area contributed by atoms with Crippen molar-refractivity contribution in [2.24, 2.45) is 0 Å². The Kier molecular flexibility index (Phi) is 1.75. The van der Waals surface area contributed by atoms with Gasteiger partial charge in [0.15, 0.2) is 0 Å². The van der Waals surface area contributed by atoms with Gasteiger partial charge in [-0.3, -0.25) is 5.10 Å². The summed E-state index contributed by atoms with van der Waals surface area (Å²) in [6, 6.07) is 10.4. The zero-order valence-corrected chi connectivity index (χ0v) is 9.94. The largest absolute Gasteiger partial charge is 0.285 e. The molecule has 0 bridgehead atoms. The molecular formula is C15H11N3. The molecule has 0 fully saturated rings. The zero-order chi connectivity index (χ0) is 12.1. The van der Waals surface area contributed by atoms with Crippen LogP contribution in [-0.2, 0) is 0 Å². The number of hydrogen-bond acceptors (Lipinski definition) is 2. The summed E-state index contributed by atoms with van der Waals surface area (Å²) < 4.78 is 0. The molecular weight excluding hydrogens is 222 g/mol. The van der Waals surface area contributed by atoms with E-state index in [0.29, 0.717) is 0 Å². The topological polar surface area (TPSA) is 41.6 Å². The Balaban J connectivity index is 2.33. The van der Waals surface area contributed by atoms with Gasteiger partial charge in [-0.25, -0.2) is 4.98 Å². The standard InChI is InChI=1S/C15H11N3/c1-9-13-8-17-16-7-10(13)6-12-11-4-2-3-5-14(11)18-15(9)12/h2-8,17H,1H3. The van der Waals surface area contributed by atoms with Crippen molar-refractivity contribution in [3.63, 3.8) is 0 Å². The van der Waals surface area contributed by atoms with Crippen LogP contribution in [0.2, 0.25) is 0 Å². The Bertz CT molecular complexity index is 890. The van der Waals surface area contributed by atoms with Gasteiger partial charge in [-0.15, -0.1) is 0 Å². The van der Waals surface area contributed by atoms with Gasteiger partial charge < -0.3 is 0 Å². The maximum absolute atomic E-state index is 4.73. The van der Waals surface area contributed by atoms with Gasteiger partial charge in [-0.05, 0) is 24.6 Å². The van der Waals surface area contributed by atoms with Crippen LogP contribution in [0.15, 0.2) is 42.7 Å². The quantitative estimate of drug-likeness (QED) is 0.504. The Labute approximate surface area is 103 Å². The summed E-state index contributed by atoms with van der Waals surface area (Å²) in [6.45, 7) is 2.12. The van der Waals surface area contributed by atoms with E-state index in [1.807, 2.05) is 18.5 Å². The predicted octanol–water partition coefficient (Wildman–Crippen LogP) is 3.57. The highest BCUT2D eigenvalue weighted by Gasteiger charge is 2.10. The van der Waals surface area contributed by atoms with E-state index in [0.717, 1.165) is 16.4 Å². The van der Waals surface area contributed by atoms with E-state index in [9.17, 15) is 0 Å². The molecule has 0 atom stereocenters. The van der Waals surface area contributed by atoms with E-state index in [2.05, 4.69) is 41.4 Å². The molecule has 18 heavy (non-hydrogen) atoms. The van der Waals surface area contributed by atoms with Crippen molar-refractivity contribution < 1.29 is 0 Å². The third kappa shape index (κ3) is 1.13. The maximum atomic E-state index is 4.73. The van der Waals surface area contributed by atoms with Crippen LogP contribution < -0.4 is 0 Å². The number of benzene rings is 2. The van der Waals surface area contributed by atoms with Crippen LogP contribution in [0, 0.1) is 6.92 Å². The first-order chi connectivity index (χ1) is 8.84. The monoisotopic (exact) mass is 233 g/mol. The molecule has 4 rings (SSSR count). The molecule has 3 nitrogen and oxygen atoms in total. The smallest absolute Gasteiger partial charge is 0.0752 e. The number of para-hydroxylation sites is 1. The maximum Gasteiger partial charge on any atom is 0.0752 e.